The van der Waals surface area contributed by atoms with Crippen LogP contribution in [-0.2, 0) is 32.7 Å². The van der Waals surface area contributed by atoms with E-state index in [1.807, 2.05) is 37.3 Å². The number of sulfonamides is 1. The fourth-order valence-corrected chi connectivity index (χ4v) is 7.21. The fraction of sp³-hybridized carbons (Fsp3) is 0.538. The van der Waals surface area contributed by atoms with Gasteiger partial charge in [-0.2, -0.15) is 30.6 Å². The normalized spacial score (nSPS) is 27.4. The van der Waals surface area contributed by atoms with Crippen LogP contribution in [0.3, 0.4) is 0 Å². The molecular formula is C26H30F6N2O3S. The van der Waals surface area contributed by atoms with Crippen LogP contribution in [0.1, 0.15) is 61.5 Å². The number of halogens is 6. The molecule has 0 amide bonds. The molecule has 38 heavy (non-hydrogen) atoms. The molecule has 2 saturated heterocycles. The quantitative estimate of drug-likeness (QED) is 0.446. The van der Waals surface area contributed by atoms with Crippen LogP contribution in [0, 0.1) is 0 Å². The van der Waals surface area contributed by atoms with E-state index in [2.05, 4.69) is 5.32 Å². The molecule has 2 aliphatic rings. The minimum Gasteiger partial charge on any atom is -0.372 e. The van der Waals surface area contributed by atoms with E-state index in [1.165, 1.54) is 11.2 Å². The summed E-state index contributed by atoms with van der Waals surface area (Å²) in [7, 11) is -3.36. The zero-order valence-electron chi connectivity index (χ0n) is 21.0. The van der Waals surface area contributed by atoms with Crippen LogP contribution in [0.5, 0.6) is 0 Å². The molecule has 1 N–H and O–H groups in total. The lowest BCUT2D eigenvalue weighted by molar-refractivity contribution is -0.143. The Hall–Kier alpha value is -2.15. The number of benzene rings is 2. The van der Waals surface area contributed by atoms with E-state index in [0.29, 0.717) is 44.5 Å². The minimum absolute atomic E-state index is 0.0430. The van der Waals surface area contributed by atoms with Crippen LogP contribution >= 0.6 is 0 Å². The topological polar surface area (TPSA) is 58.6 Å². The Morgan fingerprint density at radius 3 is 2.08 bits per heavy atom. The molecule has 0 aliphatic carbocycles. The van der Waals surface area contributed by atoms with Gasteiger partial charge >= 0.3 is 12.4 Å². The van der Waals surface area contributed by atoms with Gasteiger partial charge in [0.2, 0.25) is 10.0 Å². The van der Waals surface area contributed by atoms with Crippen LogP contribution in [-0.4, -0.2) is 43.7 Å². The third kappa shape index (κ3) is 5.88. The highest BCUT2D eigenvalue weighted by Crippen LogP contribution is 2.41. The van der Waals surface area contributed by atoms with E-state index in [4.69, 9.17) is 4.74 Å². The van der Waals surface area contributed by atoms with Gasteiger partial charge in [-0.15, -0.1) is 0 Å². The molecule has 0 radical (unpaired) electrons. The smallest absolute Gasteiger partial charge is 0.372 e. The van der Waals surface area contributed by atoms with Gasteiger partial charge in [0, 0.05) is 18.6 Å². The lowest BCUT2D eigenvalue weighted by Gasteiger charge is -2.49. The summed E-state index contributed by atoms with van der Waals surface area (Å²) in [5.74, 6) is 0.101. The third-order valence-corrected chi connectivity index (χ3v) is 9.68. The van der Waals surface area contributed by atoms with Gasteiger partial charge in [0.1, 0.15) is 0 Å². The Labute approximate surface area is 218 Å². The molecule has 2 aromatic carbocycles. The summed E-state index contributed by atoms with van der Waals surface area (Å²) in [4.78, 5) is 0. The predicted molar refractivity (Wildman–Crippen MR) is 130 cm³/mol. The highest BCUT2D eigenvalue weighted by atomic mass is 32.2. The van der Waals surface area contributed by atoms with E-state index in [0.717, 1.165) is 5.56 Å². The maximum atomic E-state index is 13.3. The lowest BCUT2D eigenvalue weighted by atomic mass is 9.77. The van der Waals surface area contributed by atoms with Gasteiger partial charge in [0.15, 0.2) is 0 Å². The maximum absolute atomic E-state index is 13.3. The van der Waals surface area contributed by atoms with Crippen molar-refractivity contribution in [3.8, 4) is 0 Å². The predicted octanol–water partition coefficient (Wildman–Crippen LogP) is 5.87. The van der Waals surface area contributed by atoms with Crippen molar-refractivity contribution in [3.05, 3.63) is 70.8 Å². The number of piperidine rings is 1. The number of nitrogens with one attached hydrogen (secondary N) is 1. The SMILES string of the molecule is C[C@@H](OC[C@@]1(c2ccccc2)CC[C@](C)(N2CCCS2(=O)=O)CN1)c1cc(C(F)(F)F)cc(C(F)(F)F)c1. The second kappa shape index (κ2) is 10.1. The van der Waals surface area contributed by atoms with Crippen LogP contribution in [0.15, 0.2) is 48.5 Å². The molecule has 0 saturated carbocycles. The summed E-state index contributed by atoms with van der Waals surface area (Å²) < 4.78 is 113. The lowest BCUT2D eigenvalue weighted by Crippen LogP contribution is -2.63. The number of rotatable bonds is 6. The zero-order valence-corrected chi connectivity index (χ0v) is 21.8. The summed E-state index contributed by atoms with van der Waals surface area (Å²) in [6, 6.07) is 10.7. The maximum Gasteiger partial charge on any atom is 0.416 e. The van der Waals surface area contributed by atoms with E-state index in [-0.39, 0.29) is 24.0 Å². The van der Waals surface area contributed by atoms with E-state index >= 15 is 0 Å². The molecule has 2 aliphatic heterocycles. The Balaban J connectivity index is 1.59. The van der Waals surface area contributed by atoms with Gasteiger partial charge in [0.05, 0.1) is 35.1 Å². The monoisotopic (exact) mass is 564 g/mol. The second-order valence-corrected chi connectivity index (χ2v) is 12.3. The highest BCUT2D eigenvalue weighted by molar-refractivity contribution is 7.89. The van der Waals surface area contributed by atoms with Gasteiger partial charge in [-0.25, -0.2) is 8.42 Å². The molecule has 4 rings (SSSR count). The van der Waals surface area contributed by atoms with E-state index in [9.17, 15) is 34.8 Å². The molecule has 0 unspecified atom stereocenters. The fourth-order valence-electron chi connectivity index (χ4n) is 5.26. The van der Waals surface area contributed by atoms with Crippen LogP contribution in [0.4, 0.5) is 26.3 Å². The number of alkyl halides is 6. The van der Waals surface area contributed by atoms with E-state index in [1.54, 1.807) is 0 Å². The van der Waals surface area contributed by atoms with Gasteiger partial charge in [-0.05, 0) is 62.4 Å². The molecule has 0 bridgehead atoms. The summed E-state index contributed by atoms with van der Waals surface area (Å²) in [5, 5.41) is 3.44. The van der Waals surface area contributed by atoms with Gasteiger partial charge < -0.3 is 10.1 Å². The Morgan fingerprint density at radius 1 is 1.00 bits per heavy atom. The Bertz CT molecular complexity index is 1210. The highest BCUT2D eigenvalue weighted by Gasteiger charge is 2.49. The first-order valence-corrected chi connectivity index (χ1v) is 13.9. The van der Waals surface area contributed by atoms with Crippen molar-refractivity contribution < 1.29 is 39.5 Å². The average Bonchev–Trinajstić information content (AvgIpc) is 3.22. The van der Waals surface area contributed by atoms with Crippen molar-refractivity contribution in [2.45, 2.75) is 62.6 Å². The van der Waals surface area contributed by atoms with Gasteiger partial charge in [-0.3, -0.25) is 0 Å². The van der Waals surface area contributed by atoms with Crippen molar-refractivity contribution in [1.82, 2.24) is 9.62 Å². The minimum atomic E-state index is -4.95. The van der Waals surface area contributed by atoms with Crippen molar-refractivity contribution in [2.75, 3.05) is 25.4 Å². The van der Waals surface area contributed by atoms with Crippen molar-refractivity contribution in [2.24, 2.45) is 0 Å². The molecule has 2 aromatic rings. The van der Waals surface area contributed by atoms with E-state index < -0.39 is 50.7 Å². The standard InChI is InChI=1S/C26H30F6N2O3S/c1-18(19-13-21(25(27,28)29)15-22(14-19)26(30,31)32)37-17-24(20-7-4-3-5-8-20)10-9-23(2,16-33-24)34-11-6-12-38(34,35)36/h3-5,7-8,13-15,18,33H,6,9-12,16-17H2,1-2H3/t18-,23+,24-/m1/s1. The molecule has 0 spiro atoms. The van der Waals surface area contributed by atoms with Gasteiger partial charge in [-0.1, -0.05) is 30.3 Å². The number of hydrogen-bond donors (Lipinski definition) is 1. The van der Waals surface area contributed by atoms with Crippen LogP contribution < -0.4 is 5.32 Å². The van der Waals surface area contributed by atoms with Crippen molar-refractivity contribution in [1.29, 1.82) is 0 Å². The average molecular weight is 565 g/mol. The number of nitrogens with zero attached hydrogens (tertiary/aromatic N) is 1. The first-order chi connectivity index (χ1) is 17.6. The number of hydrogen-bond acceptors (Lipinski definition) is 4. The molecule has 5 nitrogen and oxygen atoms in total. The molecule has 0 aromatic heterocycles. The van der Waals surface area contributed by atoms with Crippen molar-refractivity contribution >= 4 is 10.0 Å². The van der Waals surface area contributed by atoms with Crippen LogP contribution in [0.2, 0.25) is 0 Å². The third-order valence-electron chi connectivity index (χ3n) is 7.58. The van der Waals surface area contributed by atoms with Crippen LogP contribution in [0.25, 0.3) is 0 Å². The molecule has 210 valence electrons. The first kappa shape index (κ1) is 28.8. The Kier molecular flexibility index (Phi) is 7.67. The summed E-state index contributed by atoms with van der Waals surface area (Å²) >= 11 is 0. The Morgan fingerprint density at radius 2 is 1.61 bits per heavy atom. The number of ether oxygens (including phenoxy) is 1. The molecule has 2 fully saturated rings. The zero-order chi connectivity index (χ0) is 28.0. The second-order valence-electron chi connectivity index (χ2n) is 10.3. The largest absolute Gasteiger partial charge is 0.416 e. The molecule has 3 atom stereocenters. The summed E-state index contributed by atoms with van der Waals surface area (Å²) in [5.41, 5.74) is -3.67. The summed E-state index contributed by atoms with van der Waals surface area (Å²) in [6.07, 6.45) is -9.48. The van der Waals surface area contributed by atoms with Gasteiger partial charge in [0.25, 0.3) is 0 Å². The first-order valence-electron chi connectivity index (χ1n) is 12.3. The molecular weight excluding hydrogens is 534 g/mol. The summed E-state index contributed by atoms with van der Waals surface area (Å²) in [6.45, 7) is 3.99. The van der Waals surface area contributed by atoms with Crippen molar-refractivity contribution in [3.63, 3.8) is 0 Å². The molecule has 12 heteroatoms. The molecule has 2 heterocycles.